The summed E-state index contributed by atoms with van der Waals surface area (Å²) in [6.07, 6.45) is 3.41. The molecule has 8 heteroatoms. The Morgan fingerprint density at radius 1 is 1.15 bits per heavy atom. The quantitative estimate of drug-likeness (QED) is 0.813. The maximum Gasteiger partial charge on any atom is 0.274 e. The van der Waals surface area contributed by atoms with Crippen molar-refractivity contribution in [3.63, 3.8) is 0 Å². The number of ether oxygens (including phenoxy) is 1. The highest BCUT2D eigenvalue weighted by Crippen LogP contribution is 2.22. The van der Waals surface area contributed by atoms with E-state index in [4.69, 9.17) is 27.9 Å². The SMILES string of the molecule is O=C(NCC1CCCO1)c1ccnc(C(=O)Nc2cc(Cl)cc(Cl)c2)c1. The molecule has 2 aromatic rings. The van der Waals surface area contributed by atoms with E-state index in [2.05, 4.69) is 15.6 Å². The average molecular weight is 394 g/mol. The number of amides is 2. The van der Waals surface area contributed by atoms with Gasteiger partial charge in [0, 0.05) is 40.6 Å². The summed E-state index contributed by atoms with van der Waals surface area (Å²) in [5, 5.41) is 6.29. The molecule has 1 unspecified atom stereocenters. The van der Waals surface area contributed by atoms with Gasteiger partial charge in [0.2, 0.25) is 0 Å². The van der Waals surface area contributed by atoms with Crippen molar-refractivity contribution in [1.82, 2.24) is 10.3 Å². The monoisotopic (exact) mass is 393 g/mol. The lowest BCUT2D eigenvalue weighted by molar-refractivity contribution is 0.0857. The molecule has 2 heterocycles. The van der Waals surface area contributed by atoms with Crippen molar-refractivity contribution in [3.8, 4) is 0 Å². The molecule has 0 saturated carbocycles. The van der Waals surface area contributed by atoms with Crippen LogP contribution in [0.1, 0.15) is 33.7 Å². The minimum Gasteiger partial charge on any atom is -0.376 e. The minimum atomic E-state index is -0.461. The number of pyridine rings is 1. The molecule has 136 valence electrons. The lowest BCUT2D eigenvalue weighted by atomic mass is 10.2. The zero-order valence-electron chi connectivity index (χ0n) is 13.8. The number of hydrogen-bond acceptors (Lipinski definition) is 4. The molecule has 1 saturated heterocycles. The first-order valence-electron chi connectivity index (χ1n) is 8.14. The summed E-state index contributed by atoms with van der Waals surface area (Å²) < 4.78 is 5.47. The number of nitrogens with one attached hydrogen (secondary N) is 2. The van der Waals surface area contributed by atoms with Gasteiger partial charge in [-0.25, -0.2) is 0 Å². The van der Waals surface area contributed by atoms with E-state index in [0.29, 0.717) is 27.8 Å². The van der Waals surface area contributed by atoms with Gasteiger partial charge in [0.1, 0.15) is 5.69 Å². The van der Waals surface area contributed by atoms with Crippen LogP contribution in [-0.2, 0) is 4.74 Å². The second kappa shape index (κ2) is 8.49. The normalized spacial score (nSPS) is 16.3. The molecule has 0 radical (unpaired) electrons. The van der Waals surface area contributed by atoms with Crippen molar-refractivity contribution in [2.45, 2.75) is 18.9 Å². The average Bonchev–Trinajstić information content (AvgIpc) is 3.12. The summed E-state index contributed by atoms with van der Waals surface area (Å²) in [7, 11) is 0. The number of hydrogen-bond donors (Lipinski definition) is 2. The van der Waals surface area contributed by atoms with Crippen molar-refractivity contribution in [1.29, 1.82) is 0 Å². The fourth-order valence-electron chi connectivity index (χ4n) is 2.63. The third-order valence-electron chi connectivity index (χ3n) is 3.89. The van der Waals surface area contributed by atoms with Gasteiger partial charge < -0.3 is 15.4 Å². The van der Waals surface area contributed by atoms with Gasteiger partial charge in [-0.3, -0.25) is 14.6 Å². The number of halogens is 2. The molecule has 0 spiro atoms. The van der Waals surface area contributed by atoms with Gasteiger partial charge in [-0.05, 0) is 43.2 Å². The van der Waals surface area contributed by atoms with Crippen molar-refractivity contribution < 1.29 is 14.3 Å². The van der Waals surface area contributed by atoms with E-state index in [9.17, 15) is 9.59 Å². The first-order valence-corrected chi connectivity index (χ1v) is 8.90. The molecule has 2 amide bonds. The zero-order valence-corrected chi connectivity index (χ0v) is 15.3. The van der Waals surface area contributed by atoms with E-state index in [1.807, 2.05) is 0 Å². The van der Waals surface area contributed by atoms with Crippen LogP contribution in [0.3, 0.4) is 0 Å². The van der Waals surface area contributed by atoms with Crippen LogP contribution in [0.25, 0.3) is 0 Å². The highest BCUT2D eigenvalue weighted by atomic mass is 35.5. The molecule has 6 nitrogen and oxygen atoms in total. The molecular weight excluding hydrogens is 377 g/mol. The second-order valence-corrected chi connectivity index (χ2v) is 6.76. The number of carbonyl (C=O) groups is 2. The molecule has 26 heavy (non-hydrogen) atoms. The summed E-state index contributed by atoms with van der Waals surface area (Å²) in [6, 6.07) is 7.70. The molecule has 1 atom stereocenters. The van der Waals surface area contributed by atoms with Gasteiger partial charge in [-0.1, -0.05) is 23.2 Å². The maximum atomic E-state index is 12.4. The molecule has 3 rings (SSSR count). The number of rotatable bonds is 5. The largest absolute Gasteiger partial charge is 0.376 e. The highest BCUT2D eigenvalue weighted by molar-refractivity contribution is 6.35. The summed E-state index contributed by atoms with van der Waals surface area (Å²) in [5.74, 6) is -0.736. The van der Waals surface area contributed by atoms with Crippen LogP contribution in [0.2, 0.25) is 10.0 Å². The predicted octanol–water partition coefficient (Wildman–Crippen LogP) is 3.55. The highest BCUT2D eigenvalue weighted by Gasteiger charge is 2.17. The molecule has 0 aliphatic carbocycles. The molecule has 1 aromatic heterocycles. The summed E-state index contributed by atoms with van der Waals surface area (Å²) >= 11 is 11.8. The molecular formula is C18H17Cl2N3O3. The number of nitrogens with zero attached hydrogens (tertiary/aromatic N) is 1. The minimum absolute atomic E-state index is 0.0520. The Kier molecular flexibility index (Phi) is 6.08. The van der Waals surface area contributed by atoms with Gasteiger partial charge in [-0.15, -0.1) is 0 Å². The molecule has 1 aliphatic heterocycles. The van der Waals surface area contributed by atoms with Crippen molar-refractivity contribution in [2.24, 2.45) is 0 Å². The number of carbonyl (C=O) groups excluding carboxylic acids is 2. The predicted molar refractivity (Wildman–Crippen MR) is 100.0 cm³/mol. The van der Waals surface area contributed by atoms with Gasteiger partial charge in [0.05, 0.1) is 6.10 Å². The van der Waals surface area contributed by atoms with Crippen LogP contribution in [0.15, 0.2) is 36.5 Å². The van der Waals surface area contributed by atoms with Gasteiger partial charge >= 0.3 is 0 Å². The molecule has 1 aliphatic rings. The van der Waals surface area contributed by atoms with E-state index >= 15 is 0 Å². The summed E-state index contributed by atoms with van der Waals surface area (Å²) in [4.78, 5) is 28.6. The first kappa shape index (κ1) is 18.6. The van der Waals surface area contributed by atoms with Crippen LogP contribution in [0.4, 0.5) is 5.69 Å². The standard InChI is InChI=1S/C18H17Cl2N3O3/c19-12-7-13(20)9-14(8-12)23-18(25)16-6-11(3-4-21-16)17(24)22-10-15-2-1-5-26-15/h3-4,6-9,15H,1-2,5,10H2,(H,22,24)(H,23,25). The van der Waals surface area contributed by atoms with Crippen LogP contribution >= 0.6 is 23.2 Å². The molecule has 1 fully saturated rings. The Balaban J connectivity index is 1.65. The Morgan fingerprint density at radius 3 is 2.62 bits per heavy atom. The van der Waals surface area contributed by atoms with Crippen molar-refractivity contribution in [3.05, 3.63) is 57.8 Å². The molecule has 0 bridgehead atoms. The van der Waals surface area contributed by atoms with Gasteiger partial charge in [0.15, 0.2) is 0 Å². The third kappa shape index (κ3) is 4.94. The first-order chi connectivity index (χ1) is 12.5. The van der Waals surface area contributed by atoms with E-state index in [-0.39, 0.29) is 17.7 Å². The van der Waals surface area contributed by atoms with E-state index < -0.39 is 5.91 Å². The lowest BCUT2D eigenvalue weighted by Gasteiger charge is -2.11. The van der Waals surface area contributed by atoms with E-state index in [1.54, 1.807) is 24.3 Å². The Hall–Kier alpha value is -2.15. The van der Waals surface area contributed by atoms with Gasteiger partial charge in [-0.2, -0.15) is 0 Å². The van der Waals surface area contributed by atoms with Crippen molar-refractivity contribution in [2.75, 3.05) is 18.5 Å². The fraction of sp³-hybridized carbons (Fsp3) is 0.278. The smallest absolute Gasteiger partial charge is 0.274 e. The van der Waals surface area contributed by atoms with E-state index in [1.165, 1.54) is 12.3 Å². The van der Waals surface area contributed by atoms with E-state index in [0.717, 1.165) is 19.4 Å². The second-order valence-electron chi connectivity index (χ2n) is 5.89. The lowest BCUT2D eigenvalue weighted by Crippen LogP contribution is -2.32. The van der Waals surface area contributed by atoms with Gasteiger partial charge in [0.25, 0.3) is 11.8 Å². The number of aromatic nitrogens is 1. The molecule has 2 N–H and O–H groups in total. The van der Waals surface area contributed by atoms with Crippen LogP contribution < -0.4 is 10.6 Å². The third-order valence-corrected chi connectivity index (χ3v) is 4.33. The zero-order chi connectivity index (χ0) is 18.5. The number of benzene rings is 1. The summed E-state index contributed by atoms with van der Waals surface area (Å²) in [5.41, 5.74) is 0.917. The fourth-order valence-corrected chi connectivity index (χ4v) is 3.16. The Bertz CT molecular complexity index is 803. The van der Waals surface area contributed by atoms with Crippen molar-refractivity contribution >= 4 is 40.7 Å². The maximum absolute atomic E-state index is 12.4. The van der Waals surface area contributed by atoms with Crippen LogP contribution in [-0.4, -0.2) is 36.1 Å². The molecule has 1 aromatic carbocycles. The number of anilines is 1. The summed E-state index contributed by atoms with van der Waals surface area (Å²) in [6.45, 7) is 1.18. The Morgan fingerprint density at radius 2 is 1.92 bits per heavy atom. The topological polar surface area (TPSA) is 80.3 Å². The Labute approximate surface area is 160 Å². The van der Waals surface area contributed by atoms with Crippen LogP contribution in [0.5, 0.6) is 0 Å². The van der Waals surface area contributed by atoms with Crippen LogP contribution in [0, 0.1) is 0 Å².